The van der Waals surface area contributed by atoms with Gasteiger partial charge < -0.3 is 5.32 Å². The van der Waals surface area contributed by atoms with Gasteiger partial charge in [-0.05, 0) is 49.5 Å². The lowest BCUT2D eigenvalue weighted by molar-refractivity contribution is -0.145. The van der Waals surface area contributed by atoms with Gasteiger partial charge in [-0.15, -0.1) is 0 Å². The van der Waals surface area contributed by atoms with Crippen molar-refractivity contribution in [3.05, 3.63) is 28.8 Å². The third-order valence-corrected chi connectivity index (χ3v) is 7.91. The van der Waals surface area contributed by atoms with E-state index >= 15 is 0 Å². The van der Waals surface area contributed by atoms with Gasteiger partial charge in [0.05, 0.1) is 11.8 Å². The summed E-state index contributed by atoms with van der Waals surface area (Å²) in [5, 5.41) is 6.88. The second-order valence-corrected chi connectivity index (χ2v) is 9.89. The number of benzene rings is 1. The lowest BCUT2D eigenvalue weighted by Crippen LogP contribution is -2.54. The van der Waals surface area contributed by atoms with Gasteiger partial charge in [-0.1, -0.05) is 24.4 Å². The summed E-state index contributed by atoms with van der Waals surface area (Å²) in [6.45, 7) is 0. The predicted octanol–water partition coefficient (Wildman–Crippen LogP) is 2.76. The minimum atomic E-state index is -1.23. The number of fused-ring (bicyclic) bond motifs is 4. The number of anilines is 1. The highest BCUT2D eigenvalue weighted by atomic mass is 35.5. The number of thioether (sulfide) groups is 1. The van der Waals surface area contributed by atoms with Crippen molar-refractivity contribution in [2.24, 2.45) is 11.8 Å². The van der Waals surface area contributed by atoms with Crippen LogP contribution in [0.5, 0.6) is 0 Å². The van der Waals surface area contributed by atoms with Gasteiger partial charge in [0, 0.05) is 28.4 Å². The monoisotopic (exact) mass is 433 g/mol. The maximum absolute atomic E-state index is 13.7. The predicted molar refractivity (Wildman–Crippen MR) is 113 cm³/mol. The molecule has 1 aliphatic carbocycles. The third kappa shape index (κ3) is 2.63. The molecule has 0 radical (unpaired) electrons. The van der Waals surface area contributed by atoms with Crippen LogP contribution in [0.2, 0.25) is 5.02 Å². The smallest absolute Gasteiger partial charge is 0.250 e. The largest absolute Gasteiger partial charge is 0.324 e. The zero-order valence-corrected chi connectivity index (χ0v) is 17.8. The fourth-order valence-electron chi connectivity index (χ4n) is 5.81. The fraction of sp³-hybridized carbons (Fsp3) is 0.571. The Kier molecular flexibility index (Phi) is 4.68. The highest BCUT2D eigenvalue weighted by Gasteiger charge is 2.70. The van der Waals surface area contributed by atoms with Gasteiger partial charge in [0.1, 0.15) is 5.54 Å². The summed E-state index contributed by atoms with van der Waals surface area (Å²) < 4.78 is 0. The van der Waals surface area contributed by atoms with E-state index in [4.69, 9.17) is 11.6 Å². The zero-order chi connectivity index (χ0) is 20.3. The molecular formula is C21H24ClN3O3S. The number of imide groups is 1. The number of nitrogens with zero attached hydrogens (tertiary/aromatic N) is 1. The molecule has 0 aromatic heterocycles. The number of rotatable bonds is 4. The molecular weight excluding hydrogens is 410 g/mol. The van der Waals surface area contributed by atoms with Crippen LogP contribution in [0.4, 0.5) is 5.69 Å². The molecule has 8 heteroatoms. The van der Waals surface area contributed by atoms with Gasteiger partial charge in [-0.3, -0.25) is 24.6 Å². The average Bonchev–Trinajstić information content (AvgIpc) is 3.43. The Morgan fingerprint density at radius 3 is 2.69 bits per heavy atom. The number of hydrogen-bond donors (Lipinski definition) is 2. The molecule has 1 spiro atoms. The van der Waals surface area contributed by atoms with Crippen LogP contribution in [0.3, 0.4) is 0 Å². The van der Waals surface area contributed by atoms with E-state index in [0.717, 1.165) is 37.9 Å². The lowest BCUT2D eigenvalue weighted by Gasteiger charge is -2.31. The normalized spacial score (nSPS) is 33.7. The second kappa shape index (κ2) is 7.00. The number of nitrogens with one attached hydrogen (secondary N) is 2. The minimum absolute atomic E-state index is 0.0258. The highest BCUT2D eigenvalue weighted by Crippen LogP contribution is 2.54. The van der Waals surface area contributed by atoms with E-state index in [2.05, 4.69) is 10.6 Å². The van der Waals surface area contributed by atoms with Crippen LogP contribution in [0.25, 0.3) is 0 Å². The van der Waals surface area contributed by atoms with E-state index in [1.54, 1.807) is 30.0 Å². The molecule has 154 valence electrons. The summed E-state index contributed by atoms with van der Waals surface area (Å²) in [5.74, 6) is -0.940. The summed E-state index contributed by atoms with van der Waals surface area (Å²) in [6.07, 6.45) is 6.55. The van der Waals surface area contributed by atoms with Crippen molar-refractivity contribution in [2.45, 2.75) is 49.7 Å². The van der Waals surface area contributed by atoms with Crippen LogP contribution in [-0.2, 0) is 19.9 Å². The highest BCUT2D eigenvalue weighted by molar-refractivity contribution is 7.98. The molecule has 2 unspecified atom stereocenters. The summed E-state index contributed by atoms with van der Waals surface area (Å²) in [7, 11) is 0. The fourth-order valence-corrected chi connectivity index (χ4v) is 6.47. The van der Waals surface area contributed by atoms with E-state index in [0.29, 0.717) is 16.3 Å². The zero-order valence-electron chi connectivity index (χ0n) is 16.2. The van der Waals surface area contributed by atoms with Crippen LogP contribution >= 0.6 is 23.4 Å². The molecule has 1 aromatic rings. The molecule has 3 heterocycles. The summed E-state index contributed by atoms with van der Waals surface area (Å²) in [6, 6.07) is 5.01. The quantitative estimate of drug-likeness (QED) is 0.714. The van der Waals surface area contributed by atoms with Gasteiger partial charge in [-0.25, -0.2) is 0 Å². The molecule has 3 amide bonds. The van der Waals surface area contributed by atoms with Gasteiger partial charge in [0.15, 0.2) is 0 Å². The van der Waals surface area contributed by atoms with E-state index < -0.39 is 17.4 Å². The van der Waals surface area contributed by atoms with Crippen LogP contribution in [0, 0.1) is 11.8 Å². The number of likely N-dealkylation sites (tertiary alicyclic amines) is 1. The minimum Gasteiger partial charge on any atom is -0.324 e. The van der Waals surface area contributed by atoms with Crippen molar-refractivity contribution in [1.29, 1.82) is 0 Å². The SMILES string of the molecule is CSCCC1NC2(C(=O)Nc3ccc(Cl)cc32)[C@H]2C(=O)N(C3CCCC3)C(=O)[C@@H]12. The number of amides is 3. The average molecular weight is 434 g/mol. The number of carbonyl (C=O) groups is 3. The van der Waals surface area contributed by atoms with Gasteiger partial charge >= 0.3 is 0 Å². The maximum Gasteiger partial charge on any atom is 0.250 e. The Morgan fingerprint density at radius 2 is 1.97 bits per heavy atom. The van der Waals surface area contributed by atoms with Crippen molar-refractivity contribution in [2.75, 3.05) is 17.3 Å². The molecule has 2 N–H and O–H groups in total. The first-order valence-corrected chi connectivity index (χ1v) is 12.0. The third-order valence-electron chi connectivity index (χ3n) is 7.03. The van der Waals surface area contributed by atoms with Crippen molar-refractivity contribution in [1.82, 2.24) is 10.2 Å². The van der Waals surface area contributed by atoms with E-state index in [1.165, 1.54) is 4.90 Å². The molecule has 5 rings (SSSR count). The summed E-state index contributed by atoms with van der Waals surface area (Å²) >= 11 is 7.96. The van der Waals surface area contributed by atoms with Crippen molar-refractivity contribution in [3.8, 4) is 0 Å². The number of halogens is 1. The van der Waals surface area contributed by atoms with Crippen molar-refractivity contribution >= 4 is 46.8 Å². The molecule has 1 aromatic carbocycles. The number of carbonyl (C=O) groups excluding carboxylic acids is 3. The van der Waals surface area contributed by atoms with Gasteiger partial charge in [0.2, 0.25) is 17.7 Å². The Balaban J connectivity index is 1.63. The molecule has 3 fully saturated rings. The Labute approximate surface area is 179 Å². The van der Waals surface area contributed by atoms with Crippen molar-refractivity contribution < 1.29 is 14.4 Å². The van der Waals surface area contributed by atoms with Gasteiger partial charge in [-0.2, -0.15) is 11.8 Å². The van der Waals surface area contributed by atoms with E-state index in [9.17, 15) is 14.4 Å². The first-order valence-electron chi connectivity index (χ1n) is 10.2. The van der Waals surface area contributed by atoms with Gasteiger partial charge in [0.25, 0.3) is 0 Å². The Hall–Kier alpha value is -1.57. The molecule has 0 bridgehead atoms. The standard InChI is InChI=1S/C21H24ClN3O3S/c1-29-9-8-15-16-17(19(27)25(18(16)26)12-4-2-3-5-12)21(24-15)13-10-11(22)6-7-14(13)23-20(21)28/h6-7,10,12,15-17,24H,2-5,8-9H2,1H3,(H,23,28)/t15?,16-,17+,21?/m0/s1. The lowest BCUT2D eigenvalue weighted by atomic mass is 9.76. The summed E-state index contributed by atoms with van der Waals surface area (Å²) in [5.41, 5.74) is 0.121. The van der Waals surface area contributed by atoms with Crippen LogP contribution < -0.4 is 10.6 Å². The molecule has 4 aliphatic rings. The molecule has 6 nitrogen and oxygen atoms in total. The first-order chi connectivity index (χ1) is 14.0. The maximum atomic E-state index is 13.7. The molecule has 29 heavy (non-hydrogen) atoms. The summed E-state index contributed by atoms with van der Waals surface area (Å²) in [4.78, 5) is 41.9. The Morgan fingerprint density at radius 1 is 1.21 bits per heavy atom. The van der Waals surface area contributed by atoms with Crippen LogP contribution in [0.15, 0.2) is 18.2 Å². The van der Waals surface area contributed by atoms with E-state index in [-0.39, 0.29) is 29.8 Å². The second-order valence-electron chi connectivity index (χ2n) is 8.47. The molecule has 2 saturated heterocycles. The number of hydrogen-bond acceptors (Lipinski definition) is 5. The van der Waals surface area contributed by atoms with E-state index in [1.807, 2.05) is 6.26 Å². The first kappa shape index (κ1) is 19.4. The van der Waals surface area contributed by atoms with Crippen LogP contribution in [-0.4, -0.2) is 46.7 Å². The van der Waals surface area contributed by atoms with Crippen LogP contribution in [0.1, 0.15) is 37.7 Å². The molecule has 1 saturated carbocycles. The topological polar surface area (TPSA) is 78.5 Å². The Bertz CT molecular complexity index is 903. The molecule has 3 aliphatic heterocycles. The molecule has 4 atom stereocenters. The van der Waals surface area contributed by atoms with Crippen molar-refractivity contribution in [3.63, 3.8) is 0 Å².